The number of rotatable bonds is 6. The summed E-state index contributed by atoms with van der Waals surface area (Å²) < 4.78 is 18.0. The van der Waals surface area contributed by atoms with Gasteiger partial charge in [-0.3, -0.25) is 0 Å². The third kappa shape index (κ3) is 3.84. The van der Waals surface area contributed by atoms with Crippen molar-refractivity contribution >= 4 is 0 Å². The van der Waals surface area contributed by atoms with E-state index in [1.165, 1.54) is 12.1 Å². The second-order valence-corrected chi connectivity index (χ2v) is 5.31. The van der Waals surface area contributed by atoms with Gasteiger partial charge in [0.15, 0.2) is 0 Å². The van der Waals surface area contributed by atoms with Gasteiger partial charge < -0.3 is 10.3 Å². The van der Waals surface area contributed by atoms with Crippen molar-refractivity contribution in [2.75, 3.05) is 6.54 Å². The van der Waals surface area contributed by atoms with Crippen molar-refractivity contribution in [2.45, 2.75) is 26.7 Å². The average molecular weight is 278 g/mol. The van der Waals surface area contributed by atoms with Crippen LogP contribution in [0.1, 0.15) is 26.2 Å². The van der Waals surface area contributed by atoms with Crippen LogP contribution < -0.4 is 5.73 Å². The zero-order valence-electron chi connectivity index (χ0n) is 11.7. The van der Waals surface area contributed by atoms with E-state index in [0.29, 0.717) is 42.2 Å². The Morgan fingerprint density at radius 3 is 2.75 bits per heavy atom. The van der Waals surface area contributed by atoms with Gasteiger partial charge in [-0.15, -0.1) is 0 Å². The fourth-order valence-electron chi connectivity index (χ4n) is 2.13. The minimum atomic E-state index is -0.391. The third-order valence-electron chi connectivity index (χ3n) is 3.03. The summed E-state index contributed by atoms with van der Waals surface area (Å²) >= 11 is 0. The van der Waals surface area contributed by atoms with E-state index >= 15 is 0 Å². The summed E-state index contributed by atoms with van der Waals surface area (Å²) in [6, 6.07) is 2.85. The van der Waals surface area contributed by atoms with E-state index in [9.17, 15) is 4.39 Å². The Morgan fingerprint density at radius 1 is 1.35 bits per heavy atom. The minimum absolute atomic E-state index is 0.324. The summed E-state index contributed by atoms with van der Waals surface area (Å²) in [5.74, 6) is 1.43. The molecule has 0 aliphatic heterocycles. The quantitative estimate of drug-likeness (QED) is 0.878. The van der Waals surface area contributed by atoms with Gasteiger partial charge in [0.1, 0.15) is 11.5 Å². The Labute approximate surface area is 117 Å². The largest absolute Gasteiger partial charge is 0.339 e. The molecule has 5 nitrogen and oxygen atoms in total. The maximum Gasteiger partial charge on any atom is 0.227 e. The van der Waals surface area contributed by atoms with Gasteiger partial charge in [-0.1, -0.05) is 19.0 Å². The van der Waals surface area contributed by atoms with Crippen LogP contribution >= 0.6 is 0 Å². The highest BCUT2D eigenvalue weighted by atomic mass is 19.1. The highest BCUT2D eigenvalue weighted by Gasteiger charge is 2.16. The summed E-state index contributed by atoms with van der Waals surface area (Å²) in [5.41, 5.74) is 6.25. The molecule has 0 radical (unpaired) electrons. The monoisotopic (exact) mass is 278 g/mol. The number of hydrogen-bond donors (Lipinski definition) is 1. The Kier molecular flexibility index (Phi) is 4.79. The number of halogens is 1. The molecule has 0 aliphatic carbocycles. The van der Waals surface area contributed by atoms with Gasteiger partial charge in [0.25, 0.3) is 0 Å². The van der Waals surface area contributed by atoms with Gasteiger partial charge in [-0.25, -0.2) is 9.37 Å². The van der Waals surface area contributed by atoms with E-state index in [0.717, 1.165) is 12.6 Å². The molecule has 0 fully saturated rings. The molecule has 0 spiro atoms. The summed E-state index contributed by atoms with van der Waals surface area (Å²) in [4.78, 5) is 8.21. The lowest BCUT2D eigenvalue weighted by Crippen LogP contribution is -2.19. The van der Waals surface area contributed by atoms with Crippen molar-refractivity contribution in [3.05, 3.63) is 30.0 Å². The van der Waals surface area contributed by atoms with E-state index in [1.807, 2.05) is 0 Å². The minimum Gasteiger partial charge on any atom is -0.339 e. The molecule has 0 aliphatic rings. The van der Waals surface area contributed by atoms with E-state index in [-0.39, 0.29) is 0 Å². The van der Waals surface area contributed by atoms with Gasteiger partial charge in [0, 0.05) is 6.42 Å². The predicted octanol–water partition coefficient (Wildman–Crippen LogP) is 2.43. The lowest BCUT2D eigenvalue weighted by molar-refractivity contribution is 0.332. The maximum absolute atomic E-state index is 12.8. The molecule has 1 atom stereocenters. The number of nitrogens with two attached hydrogens (primary N) is 1. The Morgan fingerprint density at radius 2 is 2.15 bits per heavy atom. The van der Waals surface area contributed by atoms with Gasteiger partial charge in [0.2, 0.25) is 11.7 Å². The van der Waals surface area contributed by atoms with Crippen molar-refractivity contribution in [3.8, 4) is 11.5 Å². The molecule has 0 aromatic carbocycles. The van der Waals surface area contributed by atoms with Gasteiger partial charge in [-0.05, 0) is 36.9 Å². The zero-order valence-corrected chi connectivity index (χ0v) is 11.7. The van der Waals surface area contributed by atoms with Crippen molar-refractivity contribution in [1.82, 2.24) is 15.1 Å². The molecule has 6 heteroatoms. The Balaban J connectivity index is 2.06. The molecule has 2 N–H and O–H groups in total. The van der Waals surface area contributed by atoms with Crippen molar-refractivity contribution in [2.24, 2.45) is 17.6 Å². The highest BCUT2D eigenvalue weighted by molar-refractivity contribution is 5.47. The van der Waals surface area contributed by atoms with E-state index in [2.05, 4.69) is 29.0 Å². The highest BCUT2D eigenvalue weighted by Crippen LogP contribution is 2.18. The van der Waals surface area contributed by atoms with Crippen LogP contribution in [0.2, 0.25) is 0 Å². The fraction of sp³-hybridized carbons (Fsp3) is 0.500. The average Bonchev–Trinajstić information content (AvgIpc) is 2.87. The molecule has 2 rings (SSSR count). The van der Waals surface area contributed by atoms with E-state index in [4.69, 9.17) is 10.3 Å². The normalized spacial score (nSPS) is 12.8. The molecule has 0 bridgehead atoms. The maximum atomic E-state index is 12.8. The van der Waals surface area contributed by atoms with Crippen LogP contribution in [0.25, 0.3) is 11.5 Å². The molecule has 0 saturated heterocycles. The first-order valence-electron chi connectivity index (χ1n) is 6.73. The number of nitrogens with zero attached hydrogens (tertiary/aromatic N) is 3. The number of pyridine rings is 1. The standard InChI is InChI=1S/C14H19FN4O/c1-9(2)5-10(7-16)6-13-18-14(19-20-13)12-4-3-11(15)8-17-12/h3-4,8-10H,5-7,16H2,1-2H3. The Bertz CT molecular complexity index is 538. The van der Waals surface area contributed by atoms with Crippen LogP contribution in [0.3, 0.4) is 0 Å². The molecule has 108 valence electrons. The number of aromatic nitrogens is 3. The lowest BCUT2D eigenvalue weighted by Gasteiger charge is -2.14. The second kappa shape index (κ2) is 6.56. The SMILES string of the molecule is CC(C)CC(CN)Cc1nc(-c2ccc(F)cn2)no1. The lowest BCUT2D eigenvalue weighted by atomic mass is 9.94. The predicted molar refractivity (Wildman–Crippen MR) is 73.2 cm³/mol. The smallest absolute Gasteiger partial charge is 0.227 e. The first-order valence-corrected chi connectivity index (χ1v) is 6.73. The van der Waals surface area contributed by atoms with Crippen molar-refractivity contribution in [1.29, 1.82) is 0 Å². The van der Waals surface area contributed by atoms with Crippen LogP contribution in [0.5, 0.6) is 0 Å². The topological polar surface area (TPSA) is 77.8 Å². The molecular weight excluding hydrogens is 259 g/mol. The van der Waals surface area contributed by atoms with Crippen LogP contribution in [0.4, 0.5) is 4.39 Å². The van der Waals surface area contributed by atoms with Crippen LogP contribution in [0.15, 0.2) is 22.9 Å². The first kappa shape index (κ1) is 14.6. The van der Waals surface area contributed by atoms with Crippen molar-refractivity contribution < 1.29 is 8.91 Å². The molecule has 2 aromatic rings. The molecule has 1 unspecified atom stereocenters. The van der Waals surface area contributed by atoms with Crippen LogP contribution in [0, 0.1) is 17.7 Å². The summed E-state index contributed by atoms with van der Waals surface area (Å²) in [7, 11) is 0. The van der Waals surface area contributed by atoms with Gasteiger partial charge in [-0.2, -0.15) is 4.98 Å². The summed E-state index contributed by atoms with van der Waals surface area (Å²) in [6.45, 7) is 4.90. The molecule has 20 heavy (non-hydrogen) atoms. The molecular formula is C14H19FN4O. The fourth-order valence-corrected chi connectivity index (χ4v) is 2.13. The van der Waals surface area contributed by atoms with Crippen molar-refractivity contribution in [3.63, 3.8) is 0 Å². The molecule has 2 heterocycles. The second-order valence-electron chi connectivity index (χ2n) is 5.31. The van der Waals surface area contributed by atoms with Gasteiger partial charge in [0.05, 0.1) is 6.20 Å². The first-order chi connectivity index (χ1) is 9.58. The van der Waals surface area contributed by atoms with Crippen LogP contribution in [-0.2, 0) is 6.42 Å². The zero-order chi connectivity index (χ0) is 14.5. The van der Waals surface area contributed by atoms with Gasteiger partial charge >= 0.3 is 0 Å². The molecule has 2 aromatic heterocycles. The van der Waals surface area contributed by atoms with Crippen LogP contribution in [-0.4, -0.2) is 21.7 Å². The Hall–Kier alpha value is -1.82. The van der Waals surface area contributed by atoms with E-state index in [1.54, 1.807) is 0 Å². The number of hydrogen-bond acceptors (Lipinski definition) is 5. The molecule has 0 saturated carbocycles. The summed E-state index contributed by atoms with van der Waals surface area (Å²) in [6.07, 6.45) is 2.80. The van der Waals surface area contributed by atoms with E-state index < -0.39 is 5.82 Å². The third-order valence-corrected chi connectivity index (χ3v) is 3.03. The summed E-state index contributed by atoms with van der Waals surface area (Å²) in [5, 5.41) is 3.87. The molecule has 0 amide bonds.